The molecule has 4 nitrogen and oxygen atoms in total. The zero-order chi connectivity index (χ0) is 14.6. The number of carbonyl (C=O) groups excluding carboxylic acids is 1. The summed E-state index contributed by atoms with van der Waals surface area (Å²) < 4.78 is 4.93. The van der Waals surface area contributed by atoms with Gasteiger partial charge in [-0.25, -0.2) is 0 Å². The van der Waals surface area contributed by atoms with Gasteiger partial charge in [0.15, 0.2) is 0 Å². The Hall–Kier alpha value is -0.610. The highest BCUT2D eigenvalue weighted by molar-refractivity contribution is 5.80. The molecule has 116 valence electrons. The number of ether oxygens (including phenoxy) is 1. The summed E-state index contributed by atoms with van der Waals surface area (Å²) in [5.74, 6) is 0.744. The molecule has 0 bridgehead atoms. The molecule has 2 fully saturated rings. The van der Waals surface area contributed by atoms with Crippen molar-refractivity contribution in [2.45, 2.75) is 63.5 Å². The van der Waals surface area contributed by atoms with E-state index in [1.807, 2.05) is 14.0 Å². The molecule has 1 saturated carbocycles. The van der Waals surface area contributed by atoms with Crippen molar-refractivity contribution in [3.63, 3.8) is 0 Å². The number of likely N-dealkylation sites (tertiary alicyclic amines) is 1. The third kappa shape index (κ3) is 3.34. The van der Waals surface area contributed by atoms with Crippen LogP contribution >= 0.6 is 0 Å². The predicted molar refractivity (Wildman–Crippen MR) is 80.7 cm³/mol. The number of esters is 1. The number of nitrogens with zero attached hydrogens (tertiary/aromatic N) is 1. The van der Waals surface area contributed by atoms with Crippen LogP contribution in [0.4, 0.5) is 0 Å². The highest BCUT2D eigenvalue weighted by Crippen LogP contribution is 2.35. The first-order valence-electron chi connectivity index (χ1n) is 8.12. The molecule has 0 spiro atoms. The first kappa shape index (κ1) is 15.8. The number of hydrogen-bond acceptors (Lipinski definition) is 4. The van der Waals surface area contributed by atoms with Gasteiger partial charge in [-0.15, -0.1) is 0 Å². The number of methoxy groups -OCH3 is 1. The summed E-state index contributed by atoms with van der Waals surface area (Å²) in [7, 11) is 3.31. The van der Waals surface area contributed by atoms with Gasteiger partial charge in [0.1, 0.15) is 5.54 Å². The van der Waals surface area contributed by atoms with Gasteiger partial charge in [0.25, 0.3) is 0 Å². The molecule has 2 aliphatic rings. The number of rotatable bonds is 6. The molecule has 1 aliphatic heterocycles. The maximum atomic E-state index is 11.9. The molecule has 0 aromatic rings. The van der Waals surface area contributed by atoms with Crippen molar-refractivity contribution in [3.8, 4) is 0 Å². The van der Waals surface area contributed by atoms with E-state index in [0.717, 1.165) is 24.9 Å². The summed E-state index contributed by atoms with van der Waals surface area (Å²) in [6, 6.07) is 0.760. The molecule has 2 rings (SSSR count). The summed E-state index contributed by atoms with van der Waals surface area (Å²) >= 11 is 0. The lowest BCUT2D eigenvalue weighted by Gasteiger charge is -2.33. The molecule has 0 aromatic heterocycles. The average Bonchev–Trinajstić information content (AvgIpc) is 3.13. The molecule has 1 saturated heterocycles. The first-order valence-corrected chi connectivity index (χ1v) is 8.12. The van der Waals surface area contributed by atoms with Crippen LogP contribution in [0.15, 0.2) is 0 Å². The molecule has 2 atom stereocenters. The van der Waals surface area contributed by atoms with Crippen LogP contribution in [-0.2, 0) is 9.53 Å². The van der Waals surface area contributed by atoms with Crippen molar-refractivity contribution in [3.05, 3.63) is 0 Å². The highest BCUT2D eigenvalue weighted by Gasteiger charge is 2.37. The molecule has 0 radical (unpaired) electrons. The normalized spacial score (nSPS) is 27.6. The van der Waals surface area contributed by atoms with Crippen molar-refractivity contribution in [2.75, 3.05) is 27.2 Å². The Bertz CT molecular complexity index is 328. The second-order valence-corrected chi connectivity index (χ2v) is 6.61. The molecule has 1 N–H and O–H groups in total. The van der Waals surface area contributed by atoms with E-state index < -0.39 is 5.54 Å². The van der Waals surface area contributed by atoms with Crippen molar-refractivity contribution in [2.24, 2.45) is 5.92 Å². The second kappa shape index (κ2) is 6.90. The number of hydrogen-bond donors (Lipinski definition) is 1. The van der Waals surface area contributed by atoms with E-state index in [9.17, 15) is 4.79 Å². The van der Waals surface area contributed by atoms with Crippen LogP contribution in [-0.4, -0.2) is 49.7 Å². The number of nitrogens with one attached hydrogen (secondary N) is 1. The highest BCUT2D eigenvalue weighted by atomic mass is 16.5. The fraction of sp³-hybridized carbons (Fsp3) is 0.938. The lowest BCUT2D eigenvalue weighted by Crippen LogP contribution is -2.51. The maximum Gasteiger partial charge on any atom is 0.325 e. The van der Waals surface area contributed by atoms with Gasteiger partial charge in [-0.3, -0.25) is 4.79 Å². The smallest absolute Gasteiger partial charge is 0.325 e. The standard InChI is InChI=1S/C16H30N2O2/c1-16(17-2,15(19)20-3)10-12-18-11-6-9-14(18)13-7-4-5-8-13/h13-14,17H,4-12H2,1-3H3. The van der Waals surface area contributed by atoms with Crippen LogP contribution in [0.2, 0.25) is 0 Å². The summed E-state index contributed by atoms with van der Waals surface area (Å²) in [5, 5.41) is 3.14. The van der Waals surface area contributed by atoms with Gasteiger partial charge >= 0.3 is 5.97 Å². The van der Waals surface area contributed by atoms with Gasteiger partial charge in [-0.2, -0.15) is 0 Å². The maximum absolute atomic E-state index is 11.9. The minimum absolute atomic E-state index is 0.156. The van der Waals surface area contributed by atoms with Gasteiger partial charge in [-0.1, -0.05) is 12.8 Å². The van der Waals surface area contributed by atoms with Crippen molar-refractivity contribution >= 4 is 5.97 Å². The van der Waals surface area contributed by atoms with Gasteiger partial charge in [-0.05, 0) is 58.5 Å². The molecule has 1 aliphatic carbocycles. The Morgan fingerprint density at radius 2 is 2.00 bits per heavy atom. The monoisotopic (exact) mass is 282 g/mol. The molecular formula is C16H30N2O2. The zero-order valence-electron chi connectivity index (χ0n) is 13.3. The SMILES string of the molecule is CNC(C)(CCN1CCCC1C1CCCC1)C(=O)OC. The van der Waals surface area contributed by atoms with Crippen LogP contribution in [0.5, 0.6) is 0 Å². The van der Waals surface area contributed by atoms with E-state index in [0.29, 0.717) is 0 Å². The first-order chi connectivity index (χ1) is 9.60. The Kier molecular flexibility index (Phi) is 5.44. The van der Waals surface area contributed by atoms with Gasteiger partial charge in [0, 0.05) is 12.6 Å². The third-order valence-corrected chi connectivity index (χ3v) is 5.44. The van der Waals surface area contributed by atoms with E-state index in [1.54, 1.807) is 0 Å². The fourth-order valence-corrected chi connectivity index (χ4v) is 3.93. The third-order valence-electron chi connectivity index (χ3n) is 5.44. The zero-order valence-corrected chi connectivity index (χ0v) is 13.3. The molecular weight excluding hydrogens is 252 g/mol. The fourth-order valence-electron chi connectivity index (χ4n) is 3.93. The van der Waals surface area contributed by atoms with E-state index in [2.05, 4.69) is 10.2 Å². The van der Waals surface area contributed by atoms with E-state index in [1.165, 1.54) is 52.2 Å². The van der Waals surface area contributed by atoms with Crippen molar-refractivity contribution < 1.29 is 9.53 Å². The molecule has 4 heteroatoms. The number of carbonyl (C=O) groups is 1. The van der Waals surface area contributed by atoms with Crippen LogP contribution < -0.4 is 5.32 Å². The predicted octanol–water partition coefficient (Wildman–Crippen LogP) is 2.18. The van der Waals surface area contributed by atoms with E-state index in [4.69, 9.17) is 4.74 Å². The Labute approximate surface area is 123 Å². The number of likely N-dealkylation sites (N-methyl/N-ethyl adjacent to an activating group) is 1. The van der Waals surface area contributed by atoms with Crippen LogP contribution in [0.1, 0.15) is 51.9 Å². The van der Waals surface area contributed by atoms with Gasteiger partial charge in [0.2, 0.25) is 0 Å². The lowest BCUT2D eigenvalue weighted by atomic mass is 9.94. The minimum Gasteiger partial charge on any atom is -0.468 e. The summed E-state index contributed by atoms with van der Waals surface area (Å²) in [5.41, 5.74) is -0.558. The Balaban J connectivity index is 1.89. The van der Waals surface area contributed by atoms with Crippen LogP contribution in [0, 0.1) is 5.92 Å². The lowest BCUT2D eigenvalue weighted by molar-refractivity contribution is -0.148. The van der Waals surface area contributed by atoms with Crippen molar-refractivity contribution in [1.82, 2.24) is 10.2 Å². The van der Waals surface area contributed by atoms with Gasteiger partial charge < -0.3 is 15.0 Å². The molecule has 20 heavy (non-hydrogen) atoms. The summed E-state index contributed by atoms with van der Waals surface area (Å²) in [6.07, 6.45) is 9.11. The van der Waals surface area contributed by atoms with Crippen LogP contribution in [0.25, 0.3) is 0 Å². The molecule has 0 amide bonds. The van der Waals surface area contributed by atoms with Crippen molar-refractivity contribution in [1.29, 1.82) is 0 Å². The van der Waals surface area contributed by atoms with Crippen LogP contribution in [0.3, 0.4) is 0 Å². The Morgan fingerprint density at radius 3 is 2.60 bits per heavy atom. The quantitative estimate of drug-likeness (QED) is 0.758. The van der Waals surface area contributed by atoms with Gasteiger partial charge in [0.05, 0.1) is 7.11 Å². The minimum atomic E-state index is -0.558. The largest absolute Gasteiger partial charge is 0.468 e. The molecule has 1 heterocycles. The summed E-state index contributed by atoms with van der Waals surface area (Å²) in [6.45, 7) is 4.13. The average molecular weight is 282 g/mol. The van der Waals surface area contributed by atoms with E-state index >= 15 is 0 Å². The summed E-state index contributed by atoms with van der Waals surface area (Å²) in [4.78, 5) is 14.5. The van der Waals surface area contributed by atoms with E-state index in [-0.39, 0.29) is 5.97 Å². The topological polar surface area (TPSA) is 41.6 Å². The second-order valence-electron chi connectivity index (χ2n) is 6.61. The molecule has 2 unspecified atom stereocenters. The molecule has 0 aromatic carbocycles. The Morgan fingerprint density at radius 1 is 1.30 bits per heavy atom.